The SMILES string of the molecule is CO[C@H]1C=CO[C@@]2(C)Oc3c(C)c(=O)c4c(O)c(c5oc6cccc(O[Si](C)(C)C(C)(C)C)c6nc5c4c3C2=O)NC(=O)/C(C)=C\C=C/[C@H](C)[C@H](O)[C@@H](C)[C@@H](O)[C@@H](C)[C@H](OC(C)=O)[C@@H]1C. The van der Waals surface area contributed by atoms with Crippen molar-refractivity contribution in [3.05, 3.63) is 75.7 Å². The van der Waals surface area contributed by atoms with Gasteiger partial charge in [-0.15, -0.1) is 0 Å². The number of allylic oxidation sites excluding steroid dienone is 2. The van der Waals surface area contributed by atoms with Crippen molar-refractivity contribution in [2.45, 2.75) is 124 Å². The number of carbonyl (C=O) groups excluding carboxylic acids is 3. The summed E-state index contributed by atoms with van der Waals surface area (Å²) in [5.41, 5.74) is -0.561. The number of aromatic hydroxyl groups is 1. The largest absolute Gasteiger partial charge is 0.542 e. The van der Waals surface area contributed by atoms with Crippen molar-refractivity contribution >= 4 is 64.6 Å². The van der Waals surface area contributed by atoms with Gasteiger partial charge < -0.3 is 48.4 Å². The number of rotatable bonds is 4. The fraction of sp³-hybridized carbons (Fsp3) is 0.490. The number of benzene rings is 3. The summed E-state index contributed by atoms with van der Waals surface area (Å²) in [6, 6.07) is 5.15. The van der Waals surface area contributed by atoms with Crippen molar-refractivity contribution in [1.29, 1.82) is 0 Å². The van der Waals surface area contributed by atoms with Crippen LogP contribution in [-0.2, 0) is 23.8 Å². The summed E-state index contributed by atoms with van der Waals surface area (Å²) in [4.78, 5) is 60.8. The van der Waals surface area contributed by atoms with Crippen LogP contribution in [0.25, 0.3) is 33.0 Å². The van der Waals surface area contributed by atoms with Crippen LogP contribution in [0.1, 0.15) is 85.2 Å². The van der Waals surface area contributed by atoms with Gasteiger partial charge in [0.2, 0.25) is 0 Å². The molecule has 0 radical (unpaired) electrons. The third-order valence-corrected chi connectivity index (χ3v) is 17.8. The number of nitrogens with one attached hydrogen (secondary N) is 1. The molecule has 3 heterocycles. The highest BCUT2D eigenvalue weighted by atomic mass is 28.4. The predicted molar refractivity (Wildman–Crippen MR) is 250 cm³/mol. The van der Waals surface area contributed by atoms with Crippen LogP contribution in [0.3, 0.4) is 0 Å². The van der Waals surface area contributed by atoms with Gasteiger partial charge in [-0.25, -0.2) is 4.98 Å². The summed E-state index contributed by atoms with van der Waals surface area (Å²) in [5, 5.41) is 37.3. The number of hydrogen-bond acceptors (Lipinski definition) is 14. The van der Waals surface area contributed by atoms with Crippen molar-refractivity contribution in [3.63, 3.8) is 0 Å². The monoisotopic (exact) mass is 914 g/mol. The zero-order valence-corrected chi connectivity index (χ0v) is 40.6. The summed E-state index contributed by atoms with van der Waals surface area (Å²) in [6.07, 6.45) is 3.62. The lowest BCUT2D eigenvalue weighted by Crippen LogP contribution is -2.46. The van der Waals surface area contributed by atoms with Gasteiger partial charge >= 0.3 is 11.8 Å². The van der Waals surface area contributed by atoms with E-state index in [4.69, 9.17) is 32.8 Å². The van der Waals surface area contributed by atoms with Gasteiger partial charge in [0.05, 0.1) is 35.5 Å². The zero-order chi connectivity index (χ0) is 48.2. The highest BCUT2D eigenvalue weighted by Crippen LogP contribution is 2.49. The summed E-state index contributed by atoms with van der Waals surface area (Å²) >= 11 is 0. The Morgan fingerprint density at radius 3 is 2.26 bits per heavy atom. The van der Waals surface area contributed by atoms with Crippen LogP contribution in [0.5, 0.6) is 17.2 Å². The fourth-order valence-corrected chi connectivity index (χ4v) is 9.33. The average Bonchev–Trinajstić information content (AvgIpc) is 3.50. The first-order chi connectivity index (χ1) is 30.3. The molecule has 6 rings (SSSR count). The number of para-hydroxylation sites is 1. The van der Waals surface area contributed by atoms with Crippen molar-refractivity contribution < 1.29 is 57.5 Å². The molecule has 2 aliphatic rings. The van der Waals surface area contributed by atoms with E-state index in [1.807, 2.05) is 0 Å². The number of phenolic OH excluding ortho intramolecular Hbond substituents is 1. The number of aliphatic hydroxyl groups excluding tert-OH is 2. The Kier molecular flexibility index (Phi) is 13.6. The van der Waals surface area contributed by atoms with Crippen LogP contribution < -0.4 is 19.9 Å². The number of nitrogens with zero attached hydrogens (tertiary/aromatic N) is 1. The number of aromatic nitrogens is 1. The van der Waals surface area contributed by atoms with E-state index in [2.05, 4.69) is 39.2 Å². The van der Waals surface area contributed by atoms with Gasteiger partial charge in [-0.3, -0.25) is 19.2 Å². The van der Waals surface area contributed by atoms with Crippen molar-refractivity contribution in [2.24, 2.45) is 23.7 Å². The summed E-state index contributed by atoms with van der Waals surface area (Å²) < 4.78 is 37.2. The molecule has 9 atom stereocenters. The van der Waals surface area contributed by atoms with E-state index >= 15 is 0 Å². The minimum Gasteiger partial charge on any atom is -0.542 e. The zero-order valence-electron chi connectivity index (χ0n) is 39.6. The first-order valence-corrected chi connectivity index (χ1v) is 24.8. The van der Waals surface area contributed by atoms with Crippen LogP contribution in [0.4, 0.5) is 5.69 Å². The number of phenols is 1. The number of hydrogen-bond donors (Lipinski definition) is 4. The number of aliphatic hydroxyl groups is 2. The molecule has 2 aliphatic heterocycles. The Morgan fingerprint density at radius 2 is 1.63 bits per heavy atom. The van der Waals surface area contributed by atoms with Crippen molar-refractivity contribution in [2.75, 3.05) is 12.4 Å². The van der Waals surface area contributed by atoms with E-state index in [1.165, 1.54) is 46.3 Å². The second-order valence-corrected chi connectivity index (χ2v) is 23.9. The number of fused-ring (bicyclic) bond motifs is 2. The molecule has 0 saturated carbocycles. The van der Waals surface area contributed by atoms with Gasteiger partial charge in [0.15, 0.2) is 22.3 Å². The van der Waals surface area contributed by atoms with Gasteiger partial charge in [0.1, 0.15) is 34.3 Å². The second-order valence-electron chi connectivity index (χ2n) is 19.2. The third-order valence-electron chi connectivity index (χ3n) is 13.5. The van der Waals surface area contributed by atoms with Crippen LogP contribution in [-0.4, -0.2) is 83.6 Å². The summed E-state index contributed by atoms with van der Waals surface area (Å²) in [5.74, 6) is -6.89. The molecular weight excluding hydrogens is 853 g/mol. The Morgan fingerprint density at radius 1 is 0.954 bits per heavy atom. The normalized spacial score (nSPS) is 28.5. The summed E-state index contributed by atoms with van der Waals surface area (Å²) in [6.45, 7) is 23.0. The summed E-state index contributed by atoms with van der Waals surface area (Å²) in [7, 11) is -1.03. The van der Waals surface area contributed by atoms with Crippen LogP contribution in [0, 0.1) is 30.6 Å². The van der Waals surface area contributed by atoms with Gasteiger partial charge in [-0.05, 0) is 50.2 Å². The second kappa shape index (κ2) is 18.0. The first kappa shape index (κ1) is 48.9. The molecule has 1 amide bonds. The molecule has 65 heavy (non-hydrogen) atoms. The molecule has 1 aromatic heterocycles. The number of carbonyl (C=O) groups is 3. The van der Waals surface area contributed by atoms with Gasteiger partial charge in [0.25, 0.3) is 20.0 Å². The number of ether oxygens (including phenoxy) is 4. The maximum Gasteiger partial charge on any atom is 0.312 e. The maximum absolute atomic E-state index is 14.9. The highest BCUT2D eigenvalue weighted by molar-refractivity contribution is 6.74. The number of Topliss-reactive ketones (excluding diaryl/α,β-unsaturated/α-hetero) is 1. The molecule has 0 aliphatic carbocycles. The molecule has 0 spiro atoms. The minimum atomic E-state index is -2.47. The fourth-order valence-electron chi connectivity index (χ4n) is 8.31. The van der Waals surface area contributed by atoms with Gasteiger partial charge in [-0.2, -0.15) is 0 Å². The topological polar surface area (TPSA) is 213 Å². The molecule has 0 unspecified atom stereocenters. The number of methoxy groups -OCH3 is 1. The Labute approximate surface area is 379 Å². The average molecular weight is 915 g/mol. The van der Waals surface area contributed by atoms with Crippen molar-refractivity contribution in [3.8, 4) is 17.2 Å². The standard InChI is InChI=1S/C49H62N2O13Si/c1-23-17-15-18-24(2)47(58)51-38-42(56)34-33(37-45(38)62-31-19-16-20-32(36(31)50-37)64-65(13,14)48(8,9)10)35-44(28(6)41(34)55)63-49(11,46(35)57)60-22-21-30(59-12)25(3)43(61-29(7)52)27(5)40(54)26(4)39(23)53/h15-23,25-27,30,39-40,43,53-54,56H,1-14H3,(H,51,58)/b17-15-,22-21?,24-18-/t23-,25+,26+,27+,30-,39-,40+,43+,49-/m0/s1. The van der Waals surface area contributed by atoms with E-state index < -0.39 is 91.0 Å². The number of anilines is 1. The molecule has 4 N–H and O–H groups in total. The molecule has 3 aromatic carbocycles. The van der Waals surface area contributed by atoms with Gasteiger partial charge in [0, 0.05) is 61.2 Å². The van der Waals surface area contributed by atoms with E-state index in [1.54, 1.807) is 65.0 Å². The number of ketones is 1. The highest BCUT2D eigenvalue weighted by Gasteiger charge is 2.50. The molecule has 15 nitrogen and oxygen atoms in total. The van der Waals surface area contributed by atoms with Gasteiger partial charge in [-0.1, -0.05) is 72.8 Å². The predicted octanol–water partition coefficient (Wildman–Crippen LogP) is 8.38. The molecule has 0 fully saturated rings. The lowest BCUT2D eigenvalue weighted by molar-refractivity contribution is -0.160. The van der Waals surface area contributed by atoms with E-state index in [9.17, 15) is 34.5 Å². The molecule has 16 heteroatoms. The van der Waals surface area contributed by atoms with E-state index in [0.717, 1.165) is 0 Å². The first-order valence-electron chi connectivity index (χ1n) is 21.8. The van der Waals surface area contributed by atoms with E-state index in [0.29, 0.717) is 5.75 Å². The quantitative estimate of drug-likeness (QED) is 0.0498. The minimum absolute atomic E-state index is 0.0128. The van der Waals surface area contributed by atoms with Crippen molar-refractivity contribution in [1.82, 2.24) is 4.98 Å². The Balaban J connectivity index is 1.63. The lowest BCUT2D eigenvalue weighted by atomic mass is 9.78. The van der Waals surface area contributed by atoms with E-state index in [-0.39, 0.29) is 66.1 Å². The van der Waals surface area contributed by atoms with Crippen LogP contribution in [0.15, 0.2) is 63.6 Å². The Hall–Kier alpha value is -5.55. The maximum atomic E-state index is 14.9. The smallest absolute Gasteiger partial charge is 0.312 e. The Bertz CT molecular complexity index is 2710. The van der Waals surface area contributed by atoms with Crippen LogP contribution >= 0.6 is 0 Å². The lowest BCUT2D eigenvalue weighted by Gasteiger charge is -2.38. The molecule has 4 aromatic rings. The number of esters is 1. The third kappa shape index (κ3) is 8.93. The number of amides is 1. The molecule has 0 saturated heterocycles. The molecule has 4 bridgehead atoms. The molecule has 350 valence electrons. The molecular formula is C49H62N2O13Si. The van der Waals surface area contributed by atoms with Crippen LogP contribution in [0.2, 0.25) is 18.1 Å².